The van der Waals surface area contributed by atoms with E-state index in [-0.39, 0.29) is 5.91 Å². The van der Waals surface area contributed by atoms with Crippen molar-refractivity contribution in [1.29, 1.82) is 0 Å². The third kappa shape index (κ3) is 4.76. The third-order valence-corrected chi connectivity index (χ3v) is 4.53. The number of benzene rings is 1. The number of nitrogens with zero attached hydrogens (tertiary/aromatic N) is 2. The molecule has 1 amide bonds. The lowest BCUT2D eigenvalue weighted by Crippen LogP contribution is -2.12. The van der Waals surface area contributed by atoms with Crippen molar-refractivity contribution in [2.24, 2.45) is 0 Å². The highest BCUT2D eigenvalue weighted by atomic mass is 35.5. The third-order valence-electron chi connectivity index (χ3n) is 2.41. The van der Waals surface area contributed by atoms with Crippen LogP contribution in [0.3, 0.4) is 0 Å². The van der Waals surface area contributed by atoms with Crippen molar-refractivity contribution in [2.45, 2.75) is 10.8 Å². The molecule has 3 N–H and O–H groups in total. The summed E-state index contributed by atoms with van der Waals surface area (Å²) in [4.78, 5) is 11.9. The maximum absolute atomic E-state index is 11.9. The number of methoxy groups -OCH3 is 1. The smallest absolute Gasteiger partial charge is 0.225 e. The Bertz CT molecular complexity index is 635. The van der Waals surface area contributed by atoms with E-state index < -0.39 is 0 Å². The zero-order chi connectivity index (χ0) is 15.2. The van der Waals surface area contributed by atoms with Gasteiger partial charge >= 0.3 is 0 Å². The average Bonchev–Trinajstić information content (AvgIpc) is 2.85. The van der Waals surface area contributed by atoms with Crippen LogP contribution < -0.4 is 15.8 Å². The molecule has 0 bridgehead atoms. The van der Waals surface area contributed by atoms with Crippen LogP contribution in [0, 0.1) is 0 Å². The Morgan fingerprint density at radius 2 is 2.33 bits per heavy atom. The molecule has 0 aliphatic carbocycles. The molecule has 0 unspecified atom stereocenters. The Hall–Kier alpha value is -1.51. The first-order valence-corrected chi connectivity index (χ1v) is 8.11. The molecule has 2 rings (SSSR count). The first-order chi connectivity index (χ1) is 10.1. The molecule has 0 spiro atoms. The molecule has 0 saturated carbocycles. The summed E-state index contributed by atoms with van der Waals surface area (Å²) in [6.45, 7) is 0. The standard InChI is InChI=1S/C12H13ClN4O2S2/c1-19-9-3-2-7(13)6-8(9)15-10(18)4-5-20-12-17-16-11(14)21-12/h2-3,6H,4-5H2,1H3,(H2,14,16)(H,15,18). The molecule has 0 radical (unpaired) electrons. The predicted octanol–water partition coefficient (Wildman–Crippen LogP) is 2.90. The highest BCUT2D eigenvalue weighted by Crippen LogP contribution is 2.28. The van der Waals surface area contributed by atoms with Crippen molar-refractivity contribution < 1.29 is 9.53 Å². The van der Waals surface area contributed by atoms with Crippen LogP contribution in [0.4, 0.5) is 10.8 Å². The Morgan fingerprint density at radius 1 is 1.52 bits per heavy atom. The van der Waals surface area contributed by atoms with Crippen LogP contribution in [-0.2, 0) is 4.79 Å². The molecule has 6 nitrogen and oxygen atoms in total. The minimum atomic E-state index is -0.124. The number of carbonyl (C=O) groups excluding carboxylic acids is 1. The van der Waals surface area contributed by atoms with Gasteiger partial charge in [0.05, 0.1) is 12.8 Å². The molecule has 9 heteroatoms. The number of aromatic nitrogens is 2. The lowest BCUT2D eigenvalue weighted by atomic mass is 10.3. The number of rotatable bonds is 6. The van der Waals surface area contributed by atoms with E-state index in [1.54, 1.807) is 18.2 Å². The van der Waals surface area contributed by atoms with Crippen LogP contribution in [0.2, 0.25) is 5.02 Å². The Kier molecular flexibility index (Phi) is 5.66. The fourth-order valence-electron chi connectivity index (χ4n) is 1.50. The summed E-state index contributed by atoms with van der Waals surface area (Å²) in [6.07, 6.45) is 0.333. The molecule has 1 aromatic heterocycles. The molecule has 0 aliphatic rings. The first-order valence-electron chi connectivity index (χ1n) is 5.93. The predicted molar refractivity (Wildman–Crippen MR) is 86.3 cm³/mol. The number of nitrogen functional groups attached to an aromatic ring is 1. The summed E-state index contributed by atoms with van der Waals surface area (Å²) in [7, 11) is 1.54. The second kappa shape index (κ2) is 7.48. The largest absolute Gasteiger partial charge is 0.495 e. The van der Waals surface area contributed by atoms with Crippen molar-refractivity contribution >= 4 is 51.4 Å². The number of amides is 1. The summed E-state index contributed by atoms with van der Waals surface area (Å²) in [5.41, 5.74) is 6.04. The lowest BCUT2D eigenvalue weighted by Gasteiger charge is -2.10. The van der Waals surface area contributed by atoms with Crippen molar-refractivity contribution in [3.8, 4) is 5.75 Å². The monoisotopic (exact) mass is 344 g/mol. The zero-order valence-electron chi connectivity index (χ0n) is 11.1. The number of nitrogens with two attached hydrogens (primary N) is 1. The first kappa shape index (κ1) is 15.9. The molecule has 1 heterocycles. The average molecular weight is 345 g/mol. The fourth-order valence-corrected chi connectivity index (χ4v) is 3.32. The molecule has 112 valence electrons. The van der Waals surface area contributed by atoms with Gasteiger partial charge in [0.25, 0.3) is 0 Å². The van der Waals surface area contributed by atoms with Crippen LogP contribution in [0.15, 0.2) is 22.5 Å². The van der Waals surface area contributed by atoms with Gasteiger partial charge in [0.1, 0.15) is 5.75 Å². The van der Waals surface area contributed by atoms with Crippen molar-refractivity contribution in [3.63, 3.8) is 0 Å². The Morgan fingerprint density at radius 3 is 3.00 bits per heavy atom. The van der Waals surface area contributed by atoms with Gasteiger partial charge in [0.15, 0.2) is 4.34 Å². The van der Waals surface area contributed by atoms with Gasteiger partial charge in [-0.15, -0.1) is 10.2 Å². The van der Waals surface area contributed by atoms with Gasteiger partial charge < -0.3 is 15.8 Å². The van der Waals surface area contributed by atoms with E-state index in [1.807, 2.05) is 0 Å². The van der Waals surface area contributed by atoms with Gasteiger partial charge in [-0.1, -0.05) is 34.7 Å². The zero-order valence-corrected chi connectivity index (χ0v) is 13.5. The highest BCUT2D eigenvalue weighted by Gasteiger charge is 2.09. The summed E-state index contributed by atoms with van der Waals surface area (Å²) in [5.74, 6) is 1.03. The van der Waals surface area contributed by atoms with Gasteiger partial charge in [-0.2, -0.15) is 0 Å². The summed E-state index contributed by atoms with van der Waals surface area (Å²) in [6, 6.07) is 5.05. The molecular formula is C12H13ClN4O2S2. The highest BCUT2D eigenvalue weighted by molar-refractivity contribution is 8.01. The van der Waals surface area contributed by atoms with Crippen molar-refractivity contribution in [2.75, 3.05) is 23.9 Å². The van der Waals surface area contributed by atoms with Gasteiger partial charge in [0.2, 0.25) is 11.0 Å². The molecule has 21 heavy (non-hydrogen) atoms. The normalized spacial score (nSPS) is 10.4. The van der Waals surface area contributed by atoms with Gasteiger partial charge in [-0.25, -0.2) is 0 Å². The van der Waals surface area contributed by atoms with Gasteiger partial charge in [-0.05, 0) is 18.2 Å². The summed E-state index contributed by atoms with van der Waals surface area (Å²) in [5, 5.41) is 11.3. The van der Waals surface area contributed by atoms with E-state index in [9.17, 15) is 4.79 Å². The minimum absolute atomic E-state index is 0.124. The second-order valence-electron chi connectivity index (χ2n) is 3.90. The van der Waals surface area contributed by atoms with Gasteiger partial charge in [-0.3, -0.25) is 4.79 Å². The molecular weight excluding hydrogens is 332 g/mol. The van der Waals surface area contributed by atoms with Crippen LogP contribution in [0.5, 0.6) is 5.75 Å². The minimum Gasteiger partial charge on any atom is -0.495 e. The van der Waals surface area contributed by atoms with E-state index in [1.165, 1.54) is 30.2 Å². The molecule has 2 aromatic rings. The number of nitrogens with one attached hydrogen (secondary N) is 1. The van der Waals surface area contributed by atoms with Crippen LogP contribution in [-0.4, -0.2) is 29.0 Å². The summed E-state index contributed by atoms with van der Waals surface area (Å²) >= 11 is 8.65. The number of thioether (sulfide) groups is 1. The van der Waals surface area contributed by atoms with E-state index in [0.717, 1.165) is 4.34 Å². The molecule has 0 atom stereocenters. The molecule has 1 aromatic carbocycles. The van der Waals surface area contributed by atoms with E-state index in [0.29, 0.717) is 33.8 Å². The number of hydrogen-bond acceptors (Lipinski definition) is 7. The maximum atomic E-state index is 11.9. The Labute approximate surface area is 135 Å². The van der Waals surface area contributed by atoms with Crippen molar-refractivity contribution in [1.82, 2.24) is 10.2 Å². The van der Waals surface area contributed by atoms with E-state index in [4.69, 9.17) is 22.1 Å². The number of carbonyl (C=O) groups is 1. The van der Waals surface area contributed by atoms with Crippen LogP contribution >= 0.6 is 34.7 Å². The quantitative estimate of drug-likeness (QED) is 0.783. The number of ether oxygens (including phenoxy) is 1. The van der Waals surface area contributed by atoms with E-state index >= 15 is 0 Å². The molecule has 0 saturated heterocycles. The second-order valence-corrected chi connectivity index (χ2v) is 6.69. The van der Waals surface area contributed by atoms with E-state index in [2.05, 4.69) is 15.5 Å². The fraction of sp³-hybridized carbons (Fsp3) is 0.250. The summed E-state index contributed by atoms with van der Waals surface area (Å²) < 4.78 is 5.92. The lowest BCUT2D eigenvalue weighted by molar-refractivity contribution is -0.115. The number of halogens is 1. The van der Waals surface area contributed by atoms with Crippen LogP contribution in [0.25, 0.3) is 0 Å². The number of anilines is 2. The topological polar surface area (TPSA) is 90.1 Å². The SMILES string of the molecule is COc1ccc(Cl)cc1NC(=O)CCSc1nnc(N)s1. The van der Waals surface area contributed by atoms with Gasteiger partial charge in [0, 0.05) is 17.2 Å². The molecule has 0 aliphatic heterocycles. The van der Waals surface area contributed by atoms with Crippen LogP contribution in [0.1, 0.15) is 6.42 Å². The maximum Gasteiger partial charge on any atom is 0.225 e. The molecule has 0 fully saturated rings. The van der Waals surface area contributed by atoms with Crippen molar-refractivity contribution in [3.05, 3.63) is 23.2 Å². The Balaban J connectivity index is 1.85. The number of hydrogen-bond donors (Lipinski definition) is 2.